The van der Waals surface area contributed by atoms with Gasteiger partial charge >= 0.3 is 0 Å². The lowest BCUT2D eigenvalue weighted by atomic mass is 10.1. The van der Waals surface area contributed by atoms with Crippen molar-refractivity contribution in [3.63, 3.8) is 0 Å². The number of rotatable bonds is 5. The maximum atomic E-state index is 13.9. The van der Waals surface area contributed by atoms with Gasteiger partial charge in [0.1, 0.15) is 29.7 Å². The first kappa shape index (κ1) is 19.4. The highest BCUT2D eigenvalue weighted by Gasteiger charge is 2.45. The van der Waals surface area contributed by atoms with Crippen LogP contribution < -0.4 is 15.4 Å². The van der Waals surface area contributed by atoms with Gasteiger partial charge in [-0.25, -0.2) is 8.78 Å². The second-order valence-electron chi connectivity index (χ2n) is 7.34. The fourth-order valence-corrected chi connectivity index (χ4v) is 3.56. The van der Waals surface area contributed by atoms with Gasteiger partial charge in [0.25, 0.3) is 11.8 Å². The number of furan rings is 1. The number of hydrogen-bond donors (Lipinski definition) is 2. The van der Waals surface area contributed by atoms with E-state index in [9.17, 15) is 13.6 Å². The lowest BCUT2D eigenvalue weighted by molar-refractivity contribution is -0.00247. The summed E-state index contributed by atoms with van der Waals surface area (Å²) in [6.07, 6.45) is 0. The second-order valence-corrected chi connectivity index (χ2v) is 7.34. The lowest BCUT2D eigenvalue weighted by Crippen LogP contribution is -2.46. The highest BCUT2D eigenvalue weighted by molar-refractivity contribution is 6.07. The Morgan fingerprint density at radius 2 is 2.03 bits per heavy atom. The van der Waals surface area contributed by atoms with E-state index in [-0.39, 0.29) is 12.1 Å². The third kappa shape index (κ3) is 3.82. The molecular weight excluding hydrogens is 378 g/mol. The molecule has 152 valence electrons. The van der Waals surface area contributed by atoms with Crippen molar-refractivity contribution in [2.45, 2.75) is 32.4 Å². The quantitative estimate of drug-likeness (QED) is 0.680. The van der Waals surface area contributed by atoms with Crippen LogP contribution in [-0.2, 0) is 6.61 Å². The van der Waals surface area contributed by atoms with Gasteiger partial charge in [0.2, 0.25) is 0 Å². The molecule has 0 saturated carbocycles. The molecule has 0 bridgehead atoms. The van der Waals surface area contributed by atoms with E-state index in [4.69, 9.17) is 9.15 Å². The van der Waals surface area contributed by atoms with Gasteiger partial charge in [-0.3, -0.25) is 4.79 Å². The summed E-state index contributed by atoms with van der Waals surface area (Å²) in [5.41, 5.74) is 2.66. The molecule has 3 aromatic rings. The van der Waals surface area contributed by atoms with Crippen LogP contribution >= 0.6 is 0 Å². The van der Waals surface area contributed by atoms with Gasteiger partial charge in [0.15, 0.2) is 0 Å². The fraction of sp³-hybridized carbons (Fsp3) is 0.318. The number of carbonyl (C=O) groups excluding carboxylic acids is 1. The van der Waals surface area contributed by atoms with Crippen molar-refractivity contribution in [1.82, 2.24) is 10.6 Å². The average molecular weight is 400 g/mol. The number of carbonyl (C=O) groups is 1. The van der Waals surface area contributed by atoms with Crippen molar-refractivity contribution in [2.75, 3.05) is 13.1 Å². The second kappa shape index (κ2) is 7.48. The topological polar surface area (TPSA) is 63.5 Å². The molecule has 1 amide bonds. The van der Waals surface area contributed by atoms with Gasteiger partial charge in [0.05, 0.1) is 12.1 Å². The molecule has 1 atom stereocenters. The molecule has 7 heteroatoms. The number of aryl methyl sites for hydroxylation is 2. The van der Waals surface area contributed by atoms with E-state index in [1.807, 2.05) is 37.3 Å². The van der Waals surface area contributed by atoms with E-state index >= 15 is 0 Å². The van der Waals surface area contributed by atoms with E-state index in [0.717, 1.165) is 11.1 Å². The first-order valence-electron chi connectivity index (χ1n) is 9.45. The van der Waals surface area contributed by atoms with Crippen molar-refractivity contribution in [2.24, 2.45) is 0 Å². The van der Waals surface area contributed by atoms with Crippen LogP contribution in [0.2, 0.25) is 0 Å². The Labute approximate surface area is 167 Å². The minimum absolute atomic E-state index is 0.0259. The molecule has 2 aromatic carbocycles. The molecule has 0 radical (unpaired) electrons. The molecule has 4 rings (SSSR count). The average Bonchev–Trinajstić information content (AvgIpc) is 3.18. The summed E-state index contributed by atoms with van der Waals surface area (Å²) in [5, 5.41) is 5.59. The van der Waals surface area contributed by atoms with Crippen molar-refractivity contribution >= 4 is 16.9 Å². The number of hydrogen-bond acceptors (Lipinski definition) is 4. The Balaban J connectivity index is 1.62. The maximum Gasteiger partial charge on any atom is 0.281 e. The van der Waals surface area contributed by atoms with E-state index in [2.05, 4.69) is 10.6 Å². The minimum atomic E-state index is -2.98. The summed E-state index contributed by atoms with van der Waals surface area (Å²) in [6, 6.07) is 12.0. The molecule has 1 unspecified atom stereocenters. The molecule has 2 heterocycles. The van der Waals surface area contributed by atoms with Crippen LogP contribution in [0.25, 0.3) is 11.0 Å². The Morgan fingerprint density at radius 3 is 2.72 bits per heavy atom. The van der Waals surface area contributed by atoms with E-state index in [1.54, 1.807) is 19.1 Å². The normalized spacial score (nSPS) is 18.1. The summed E-state index contributed by atoms with van der Waals surface area (Å²) in [5.74, 6) is -2.56. The van der Waals surface area contributed by atoms with Crippen LogP contribution in [0, 0.1) is 13.8 Å². The smallest absolute Gasteiger partial charge is 0.281 e. The number of ether oxygens (including phenoxy) is 1. The maximum absolute atomic E-state index is 13.9. The SMILES string of the molecule is Cc1cc2oc(C)c(C(=O)NC3CNCC3(F)F)c2cc1OCc1ccccc1. The molecule has 0 spiro atoms. The monoisotopic (exact) mass is 400 g/mol. The van der Waals surface area contributed by atoms with Crippen molar-refractivity contribution < 1.29 is 22.7 Å². The summed E-state index contributed by atoms with van der Waals surface area (Å²) < 4.78 is 39.4. The molecule has 1 aromatic heterocycles. The largest absolute Gasteiger partial charge is 0.489 e. The highest BCUT2D eigenvalue weighted by atomic mass is 19.3. The van der Waals surface area contributed by atoms with Crippen molar-refractivity contribution in [3.8, 4) is 5.75 Å². The third-order valence-electron chi connectivity index (χ3n) is 5.15. The summed E-state index contributed by atoms with van der Waals surface area (Å²) in [7, 11) is 0. The molecule has 1 saturated heterocycles. The van der Waals surface area contributed by atoms with Crippen LogP contribution in [0.5, 0.6) is 5.75 Å². The molecule has 29 heavy (non-hydrogen) atoms. The van der Waals surface area contributed by atoms with Crippen molar-refractivity contribution in [3.05, 3.63) is 64.9 Å². The Bertz CT molecular complexity index is 1050. The zero-order valence-corrected chi connectivity index (χ0v) is 16.2. The van der Waals surface area contributed by atoms with E-state index < -0.39 is 24.4 Å². The first-order valence-corrected chi connectivity index (χ1v) is 9.45. The van der Waals surface area contributed by atoms with Gasteiger partial charge in [-0.15, -0.1) is 0 Å². The number of nitrogens with one attached hydrogen (secondary N) is 2. The van der Waals surface area contributed by atoms with Gasteiger partial charge < -0.3 is 19.8 Å². The minimum Gasteiger partial charge on any atom is -0.489 e. The summed E-state index contributed by atoms with van der Waals surface area (Å²) in [6.45, 7) is 3.51. The number of fused-ring (bicyclic) bond motifs is 1. The molecule has 0 aliphatic carbocycles. The highest BCUT2D eigenvalue weighted by Crippen LogP contribution is 2.33. The number of halogens is 2. The fourth-order valence-electron chi connectivity index (χ4n) is 3.56. The van der Waals surface area contributed by atoms with Gasteiger partial charge in [-0.1, -0.05) is 30.3 Å². The van der Waals surface area contributed by atoms with Crippen LogP contribution in [0.3, 0.4) is 0 Å². The van der Waals surface area contributed by atoms with Crippen LogP contribution in [0.4, 0.5) is 8.78 Å². The van der Waals surface area contributed by atoms with Gasteiger partial charge in [-0.05, 0) is 37.1 Å². The third-order valence-corrected chi connectivity index (χ3v) is 5.15. The number of benzene rings is 2. The van der Waals surface area contributed by atoms with Crippen LogP contribution in [-0.4, -0.2) is 31.0 Å². The Hall–Kier alpha value is -2.93. The van der Waals surface area contributed by atoms with Crippen LogP contribution in [0.15, 0.2) is 46.9 Å². The Morgan fingerprint density at radius 1 is 1.28 bits per heavy atom. The predicted octanol–water partition coefficient (Wildman–Crippen LogP) is 3.97. The lowest BCUT2D eigenvalue weighted by Gasteiger charge is -2.19. The number of amides is 1. The molecule has 2 N–H and O–H groups in total. The van der Waals surface area contributed by atoms with Crippen LogP contribution in [0.1, 0.15) is 27.2 Å². The zero-order chi connectivity index (χ0) is 20.6. The van der Waals surface area contributed by atoms with E-state index in [1.165, 1.54) is 0 Å². The zero-order valence-electron chi connectivity index (χ0n) is 16.2. The first-order chi connectivity index (χ1) is 13.8. The molecule has 1 aliphatic rings. The van der Waals surface area contributed by atoms with Gasteiger partial charge in [-0.2, -0.15) is 0 Å². The summed E-state index contributed by atoms with van der Waals surface area (Å²) >= 11 is 0. The molecule has 1 fully saturated rings. The molecular formula is C22H22F2N2O3. The molecule has 5 nitrogen and oxygen atoms in total. The van der Waals surface area contributed by atoms with Gasteiger partial charge in [0, 0.05) is 11.9 Å². The molecule has 1 aliphatic heterocycles. The summed E-state index contributed by atoms with van der Waals surface area (Å²) in [4.78, 5) is 12.8. The number of alkyl halides is 2. The van der Waals surface area contributed by atoms with E-state index in [0.29, 0.717) is 29.1 Å². The Kier molecular flexibility index (Phi) is 5.00. The standard InChI is InChI=1S/C22H22F2N2O3/c1-13-8-18-16(9-17(13)28-11-15-6-4-3-5-7-15)20(14(2)29-18)21(27)26-19-10-25-12-22(19,23)24/h3-9,19,25H,10-12H2,1-2H3,(H,26,27). The predicted molar refractivity (Wildman–Crippen MR) is 106 cm³/mol. The van der Waals surface area contributed by atoms with Crippen molar-refractivity contribution in [1.29, 1.82) is 0 Å².